The van der Waals surface area contributed by atoms with E-state index in [-0.39, 0.29) is 31.4 Å². The molecule has 8 heteroatoms. The molecule has 0 bridgehead atoms. The van der Waals surface area contributed by atoms with Gasteiger partial charge in [-0.1, -0.05) is 6.92 Å². The minimum atomic E-state index is -1.10. The summed E-state index contributed by atoms with van der Waals surface area (Å²) in [5, 5.41) is 13.3. The van der Waals surface area contributed by atoms with Crippen molar-refractivity contribution in [2.75, 3.05) is 19.6 Å². The van der Waals surface area contributed by atoms with E-state index < -0.39 is 5.60 Å². The summed E-state index contributed by atoms with van der Waals surface area (Å²) in [6.45, 7) is 6.01. The summed E-state index contributed by atoms with van der Waals surface area (Å²) in [6, 6.07) is 3.59. The molecule has 26 heavy (non-hydrogen) atoms. The van der Waals surface area contributed by atoms with Crippen molar-refractivity contribution in [3.8, 4) is 0 Å². The summed E-state index contributed by atoms with van der Waals surface area (Å²) in [5.74, 6) is -0.423. The van der Waals surface area contributed by atoms with Gasteiger partial charge in [0.2, 0.25) is 0 Å². The first-order valence-electron chi connectivity index (χ1n) is 8.92. The standard InChI is InChI=1S/C18H25N5O3/c1-3-7-22-8-5-6-15(22)16(24)19-10-18(26)11-23(12-18)17(25)14-9-21(4-2)13-20-14/h5-6,8-9,13,26H,3-4,7,10-12H2,1-2H3,(H,19,24). The molecule has 2 N–H and O–H groups in total. The summed E-state index contributed by atoms with van der Waals surface area (Å²) in [4.78, 5) is 30.3. The molecule has 0 saturated carbocycles. The lowest BCUT2D eigenvalue weighted by Crippen LogP contribution is -2.67. The second-order valence-electron chi connectivity index (χ2n) is 6.74. The van der Waals surface area contributed by atoms with E-state index in [0.717, 1.165) is 19.5 Å². The number of nitrogens with zero attached hydrogens (tertiary/aromatic N) is 4. The molecule has 140 valence electrons. The molecular weight excluding hydrogens is 334 g/mol. The van der Waals surface area contributed by atoms with Crippen LogP contribution in [-0.4, -0.2) is 61.2 Å². The van der Waals surface area contributed by atoms with Crippen molar-refractivity contribution in [2.24, 2.45) is 0 Å². The van der Waals surface area contributed by atoms with Gasteiger partial charge in [0.1, 0.15) is 17.0 Å². The number of hydrogen-bond donors (Lipinski definition) is 2. The number of rotatable bonds is 7. The third-order valence-corrected chi connectivity index (χ3v) is 4.58. The molecule has 0 radical (unpaired) electrons. The first-order valence-corrected chi connectivity index (χ1v) is 8.92. The van der Waals surface area contributed by atoms with Gasteiger partial charge in [-0.05, 0) is 25.5 Å². The number of likely N-dealkylation sites (tertiary alicyclic amines) is 1. The highest BCUT2D eigenvalue weighted by Gasteiger charge is 2.44. The Kier molecular flexibility index (Phi) is 5.13. The zero-order chi connectivity index (χ0) is 18.7. The van der Waals surface area contributed by atoms with Crippen molar-refractivity contribution >= 4 is 11.8 Å². The summed E-state index contributed by atoms with van der Waals surface area (Å²) in [7, 11) is 0. The lowest BCUT2D eigenvalue weighted by atomic mass is 9.93. The van der Waals surface area contributed by atoms with Crippen molar-refractivity contribution in [2.45, 2.75) is 39.0 Å². The fourth-order valence-electron chi connectivity index (χ4n) is 3.12. The van der Waals surface area contributed by atoms with Crippen LogP contribution < -0.4 is 5.32 Å². The van der Waals surface area contributed by atoms with Crippen molar-refractivity contribution < 1.29 is 14.7 Å². The van der Waals surface area contributed by atoms with Gasteiger partial charge in [0, 0.05) is 25.5 Å². The zero-order valence-electron chi connectivity index (χ0n) is 15.2. The smallest absolute Gasteiger partial charge is 0.274 e. The van der Waals surface area contributed by atoms with E-state index >= 15 is 0 Å². The number of amides is 2. The minimum Gasteiger partial charge on any atom is -0.384 e. The van der Waals surface area contributed by atoms with Crippen LogP contribution in [0.4, 0.5) is 0 Å². The molecule has 1 aliphatic rings. The molecule has 3 heterocycles. The van der Waals surface area contributed by atoms with E-state index in [4.69, 9.17) is 0 Å². The maximum absolute atomic E-state index is 12.3. The first-order chi connectivity index (χ1) is 12.5. The van der Waals surface area contributed by atoms with Crippen LogP contribution in [0.3, 0.4) is 0 Å². The Morgan fingerprint density at radius 3 is 2.77 bits per heavy atom. The fourth-order valence-corrected chi connectivity index (χ4v) is 3.12. The van der Waals surface area contributed by atoms with Gasteiger partial charge in [0.05, 0.1) is 26.0 Å². The largest absolute Gasteiger partial charge is 0.384 e. The van der Waals surface area contributed by atoms with Crippen LogP contribution in [0, 0.1) is 0 Å². The van der Waals surface area contributed by atoms with E-state index in [9.17, 15) is 14.7 Å². The van der Waals surface area contributed by atoms with Crippen LogP contribution in [0.2, 0.25) is 0 Å². The van der Waals surface area contributed by atoms with Crippen LogP contribution in [0.1, 0.15) is 41.2 Å². The number of aryl methyl sites for hydroxylation is 2. The van der Waals surface area contributed by atoms with Gasteiger partial charge in [0.15, 0.2) is 0 Å². The number of hydrogen-bond acceptors (Lipinski definition) is 4. The first kappa shape index (κ1) is 18.2. The monoisotopic (exact) mass is 359 g/mol. The van der Waals surface area contributed by atoms with Gasteiger partial charge in [0.25, 0.3) is 11.8 Å². The second kappa shape index (κ2) is 7.33. The Morgan fingerprint density at radius 2 is 2.12 bits per heavy atom. The Hall–Kier alpha value is -2.61. The van der Waals surface area contributed by atoms with E-state index in [1.807, 2.05) is 35.2 Å². The van der Waals surface area contributed by atoms with E-state index in [1.165, 1.54) is 4.90 Å². The topological polar surface area (TPSA) is 92.4 Å². The number of aliphatic hydroxyl groups is 1. The molecule has 0 spiro atoms. The second-order valence-corrected chi connectivity index (χ2v) is 6.74. The van der Waals surface area contributed by atoms with Gasteiger partial charge >= 0.3 is 0 Å². The third-order valence-electron chi connectivity index (χ3n) is 4.58. The maximum atomic E-state index is 12.3. The van der Waals surface area contributed by atoms with Crippen molar-refractivity contribution in [1.29, 1.82) is 0 Å². The third kappa shape index (κ3) is 3.65. The van der Waals surface area contributed by atoms with Crippen LogP contribution >= 0.6 is 0 Å². The Labute approximate surface area is 152 Å². The molecule has 2 amide bonds. The number of nitrogens with one attached hydrogen (secondary N) is 1. The Balaban J connectivity index is 1.51. The van der Waals surface area contributed by atoms with Crippen molar-refractivity contribution in [3.05, 3.63) is 42.2 Å². The average Bonchev–Trinajstić information content (AvgIpc) is 3.26. The molecule has 2 aromatic heterocycles. The number of imidazole rings is 1. The molecule has 2 aromatic rings. The van der Waals surface area contributed by atoms with Gasteiger partial charge in [-0.3, -0.25) is 9.59 Å². The average molecular weight is 359 g/mol. The van der Waals surface area contributed by atoms with Gasteiger partial charge < -0.3 is 24.5 Å². The molecule has 0 aromatic carbocycles. The predicted octanol–water partition coefficient (Wildman–Crippen LogP) is 0.731. The highest BCUT2D eigenvalue weighted by molar-refractivity contribution is 5.93. The molecule has 1 fully saturated rings. The number of carbonyl (C=O) groups excluding carboxylic acids is 2. The summed E-state index contributed by atoms with van der Waals surface area (Å²) in [5.41, 5.74) is -0.149. The Morgan fingerprint density at radius 1 is 1.35 bits per heavy atom. The molecular formula is C18H25N5O3. The molecule has 0 aliphatic carbocycles. The van der Waals surface area contributed by atoms with Gasteiger partial charge in [-0.15, -0.1) is 0 Å². The lowest BCUT2D eigenvalue weighted by molar-refractivity contribution is -0.0774. The van der Waals surface area contributed by atoms with Gasteiger partial charge in [-0.2, -0.15) is 0 Å². The van der Waals surface area contributed by atoms with E-state index in [0.29, 0.717) is 11.4 Å². The normalized spacial score (nSPS) is 15.6. The molecule has 1 aliphatic heterocycles. The highest BCUT2D eigenvalue weighted by atomic mass is 16.3. The van der Waals surface area contributed by atoms with Gasteiger partial charge in [-0.25, -0.2) is 4.98 Å². The fraction of sp³-hybridized carbons (Fsp3) is 0.500. The molecule has 8 nitrogen and oxygen atoms in total. The predicted molar refractivity (Wildman–Crippen MR) is 95.8 cm³/mol. The molecule has 1 saturated heterocycles. The molecule has 0 unspecified atom stereocenters. The Bertz CT molecular complexity index is 788. The van der Waals surface area contributed by atoms with Crippen LogP contribution in [0.5, 0.6) is 0 Å². The number of β-amino-alcohol motifs (C(OH)–C–C–N with tert-alkyl or cyclic N) is 1. The molecule has 0 atom stereocenters. The SMILES string of the molecule is CCCn1cccc1C(=O)NCC1(O)CN(C(=O)c2cn(CC)cn2)C1. The van der Waals surface area contributed by atoms with Crippen LogP contribution in [0.15, 0.2) is 30.9 Å². The maximum Gasteiger partial charge on any atom is 0.274 e. The van der Waals surface area contributed by atoms with Crippen LogP contribution in [0.25, 0.3) is 0 Å². The highest BCUT2D eigenvalue weighted by Crippen LogP contribution is 2.22. The summed E-state index contributed by atoms with van der Waals surface area (Å²) < 4.78 is 3.71. The number of carbonyl (C=O) groups is 2. The lowest BCUT2D eigenvalue weighted by Gasteiger charge is -2.46. The zero-order valence-corrected chi connectivity index (χ0v) is 15.2. The summed E-state index contributed by atoms with van der Waals surface area (Å²) in [6.07, 6.45) is 6.12. The molecule has 3 rings (SSSR count). The van der Waals surface area contributed by atoms with Crippen molar-refractivity contribution in [3.63, 3.8) is 0 Å². The number of aromatic nitrogens is 3. The van der Waals surface area contributed by atoms with Crippen LogP contribution in [-0.2, 0) is 13.1 Å². The quantitative estimate of drug-likeness (QED) is 0.762. The van der Waals surface area contributed by atoms with E-state index in [2.05, 4.69) is 10.3 Å². The summed E-state index contributed by atoms with van der Waals surface area (Å²) >= 11 is 0. The van der Waals surface area contributed by atoms with Crippen molar-refractivity contribution in [1.82, 2.24) is 24.3 Å². The van der Waals surface area contributed by atoms with E-state index in [1.54, 1.807) is 18.6 Å². The minimum absolute atomic E-state index is 0.107.